The molecule has 1 heterocycles. The third-order valence-corrected chi connectivity index (χ3v) is 4.22. The van der Waals surface area contributed by atoms with Crippen molar-refractivity contribution in [1.82, 2.24) is 0 Å². The zero-order valence-corrected chi connectivity index (χ0v) is 13.7. The lowest BCUT2D eigenvalue weighted by Gasteiger charge is -2.19. The normalized spacial score (nSPS) is 11.4. The first kappa shape index (κ1) is 15.5. The predicted octanol–water partition coefficient (Wildman–Crippen LogP) is 5.20. The summed E-state index contributed by atoms with van der Waals surface area (Å²) in [4.78, 5) is 12.9. The molecular formula is C13H20BrNO2S. The van der Waals surface area contributed by atoms with Crippen molar-refractivity contribution in [2.75, 3.05) is 5.32 Å². The number of rotatable bonds is 4. The smallest absolute Gasteiger partial charge is 0.412 e. The first-order valence-electron chi connectivity index (χ1n) is 6.10. The van der Waals surface area contributed by atoms with Crippen molar-refractivity contribution < 1.29 is 9.53 Å². The van der Waals surface area contributed by atoms with Gasteiger partial charge in [-0.3, -0.25) is 5.32 Å². The second kappa shape index (κ2) is 6.57. The molecule has 0 fully saturated rings. The third-order valence-electron chi connectivity index (χ3n) is 2.14. The number of nitrogens with one attached hydrogen (secondary N) is 1. The number of anilines is 1. The molecule has 0 aliphatic rings. The molecule has 1 aromatic heterocycles. The van der Waals surface area contributed by atoms with Crippen LogP contribution >= 0.6 is 27.3 Å². The third kappa shape index (κ3) is 5.40. The fourth-order valence-corrected chi connectivity index (χ4v) is 3.18. The van der Waals surface area contributed by atoms with Gasteiger partial charge in [0.25, 0.3) is 0 Å². The molecule has 0 spiro atoms. The Hall–Kier alpha value is -0.550. The maximum Gasteiger partial charge on any atom is 0.412 e. The average molecular weight is 334 g/mol. The van der Waals surface area contributed by atoms with Crippen LogP contribution in [-0.2, 0) is 11.2 Å². The second-order valence-corrected chi connectivity index (χ2v) is 7.10. The number of halogens is 1. The fraction of sp³-hybridized carbons (Fsp3) is 0.615. The lowest BCUT2D eigenvalue weighted by molar-refractivity contribution is 0.0636. The minimum atomic E-state index is -0.469. The second-order valence-electron chi connectivity index (χ2n) is 5.11. The van der Waals surface area contributed by atoms with E-state index < -0.39 is 11.7 Å². The summed E-state index contributed by atoms with van der Waals surface area (Å²) in [5, 5.41) is 3.58. The van der Waals surface area contributed by atoms with Crippen LogP contribution in [0.5, 0.6) is 0 Å². The van der Waals surface area contributed by atoms with Crippen LogP contribution in [0.4, 0.5) is 9.80 Å². The molecule has 1 rings (SSSR count). The monoisotopic (exact) mass is 333 g/mol. The van der Waals surface area contributed by atoms with Crippen LogP contribution in [0.2, 0.25) is 0 Å². The van der Waals surface area contributed by atoms with Gasteiger partial charge in [0.2, 0.25) is 0 Å². The molecule has 1 N–H and O–H groups in total. The van der Waals surface area contributed by atoms with Crippen molar-refractivity contribution >= 4 is 38.4 Å². The van der Waals surface area contributed by atoms with Crippen molar-refractivity contribution in [3.05, 3.63) is 15.4 Å². The predicted molar refractivity (Wildman–Crippen MR) is 80.5 cm³/mol. The van der Waals surface area contributed by atoms with Gasteiger partial charge in [-0.1, -0.05) is 13.3 Å². The van der Waals surface area contributed by atoms with E-state index in [1.165, 1.54) is 11.3 Å². The minimum Gasteiger partial charge on any atom is -0.444 e. The zero-order valence-electron chi connectivity index (χ0n) is 11.3. The lowest BCUT2D eigenvalue weighted by atomic mass is 10.2. The molecule has 0 bridgehead atoms. The molecule has 102 valence electrons. The Kier molecular flexibility index (Phi) is 5.66. The van der Waals surface area contributed by atoms with E-state index >= 15 is 0 Å². The van der Waals surface area contributed by atoms with Crippen molar-refractivity contribution in [2.45, 2.75) is 52.6 Å². The standard InChI is InChI=1S/C13H20BrNO2S/c1-5-6-7-10-9(14)8-11(18-10)15-12(16)17-13(2,3)4/h8H,5-7H2,1-4H3,(H,15,16). The molecule has 3 nitrogen and oxygen atoms in total. The Morgan fingerprint density at radius 2 is 2.17 bits per heavy atom. The molecule has 0 saturated heterocycles. The number of ether oxygens (including phenoxy) is 1. The van der Waals surface area contributed by atoms with Gasteiger partial charge in [-0.15, -0.1) is 11.3 Å². The number of carbonyl (C=O) groups excluding carboxylic acids is 1. The quantitative estimate of drug-likeness (QED) is 0.822. The topological polar surface area (TPSA) is 38.3 Å². The Morgan fingerprint density at radius 3 is 2.72 bits per heavy atom. The van der Waals surface area contributed by atoms with E-state index in [4.69, 9.17) is 4.74 Å². The molecule has 0 saturated carbocycles. The van der Waals surface area contributed by atoms with E-state index in [-0.39, 0.29) is 0 Å². The van der Waals surface area contributed by atoms with Crippen LogP contribution < -0.4 is 5.32 Å². The van der Waals surface area contributed by atoms with Gasteiger partial charge in [-0.25, -0.2) is 4.79 Å². The molecule has 18 heavy (non-hydrogen) atoms. The number of carbonyl (C=O) groups is 1. The SMILES string of the molecule is CCCCc1sc(NC(=O)OC(C)(C)C)cc1Br. The Bertz CT molecular complexity index is 410. The van der Waals surface area contributed by atoms with E-state index in [1.807, 2.05) is 26.8 Å². The van der Waals surface area contributed by atoms with Crippen LogP contribution in [0.15, 0.2) is 10.5 Å². The number of hydrogen-bond donors (Lipinski definition) is 1. The molecule has 5 heteroatoms. The summed E-state index contributed by atoms with van der Waals surface area (Å²) in [5.41, 5.74) is -0.469. The van der Waals surface area contributed by atoms with E-state index in [0.29, 0.717) is 0 Å². The largest absolute Gasteiger partial charge is 0.444 e. The van der Waals surface area contributed by atoms with Gasteiger partial charge in [0.1, 0.15) is 5.60 Å². The van der Waals surface area contributed by atoms with Gasteiger partial charge in [-0.05, 0) is 55.6 Å². The Labute approximate surface area is 121 Å². The molecule has 1 amide bonds. The van der Waals surface area contributed by atoms with E-state index in [0.717, 1.165) is 22.3 Å². The number of amides is 1. The zero-order chi connectivity index (χ0) is 13.8. The average Bonchev–Trinajstić information content (AvgIpc) is 2.52. The van der Waals surface area contributed by atoms with Crippen LogP contribution in [0.25, 0.3) is 0 Å². The highest BCUT2D eigenvalue weighted by atomic mass is 79.9. The van der Waals surface area contributed by atoms with Crippen LogP contribution in [0.3, 0.4) is 0 Å². The molecule has 0 aliphatic heterocycles. The molecule has 0 radical (unpaired) electrons. The van der Waals surface area contributed by atoms with Gasteiger partial charge >= 0.3 is 6.09 Å². The highest BCUT2D eigenvalue weighted by molar-refractivity contribution is 9.10. The molecule has 1 aromatic rings. The molecule has 0 atom stereocenters. The van der Waals surface area contributed by atoms with Crippen LogP contribution in [-0.4, -0.2) is 11.7 Å². The van der Waals surface area contributed by atoms with Gasteiger partial charge < -0.3 is 4.74 Å². The molecular weight excluding hydrogens is 314 g/mol. The number of unbranched alkanes of at least 4 members (excludes halogenated alkanes) is 1. The summed E-state index contributed by atoms with van der Waals surface area (Å²) >= 11 is 5.11. The summed E-state index contributed by atoms with van der Waals surface area (Å²) in [7, 11) is 0. The van der Waals surface area contributed by atoms with Gasteiger partial charge in [0, 0.05) is 9.35 Å². The van der Waals surface area contributed by atoms with Gasteiger partial charge in [0.05, 0.1) is 5.00 Å². The van der Waals surface area contributed by atoms with Gasteiger partial charge in [-0.2, -0.15) is 0 Å². The Balaban J connectivity index is 2.60. The Morgan fingerprint density at radius 1 is 1.50 bits per heavy atom. The highest BCUT2D eigenvalue weighted by Gasteiger charge is 2.17. The first-order chi connectivity index (χ1) is 8.31. The van der Waals surface area contributed by atoms with Crippen molar-refractivity contribution in [2.24, 2.45) is 0 Å². The molecule has 0 unspecified atom stereocenters. The summed E-state index contributed by atoms with van der Waals surface area (Å²) < 4.78 is 6.28. The van der Waals surface area contributed by atoms with E-state index in [9.17, 15) is 4.79 Å². The summed E-state index contributed by atoms with van der Waals surface area (Å²) in [6, 6.07) is 1.93. The molecule has 0 aromatic carbocycles. The maximum absolute atomic E-state index is 11.6. The van der Waals surface area contributed by atoms with Crippen molar-refractivity contribution in [3.8, 4) is 0 Å². The van der Waals surface area contributed by atoms with E-state index in [1.54, 1.807) is 11.3 Å². The van der Waals surface area contributed by atoms with Gasteiger partial charge in [0.15, 0.2) is 0 Å². The maximum atomic E-state index is 11.6. The summed E-state index contributed by atoms with van der Waals surface area (Å²) in [6.45, 7) is 7.72. The molecule has 0 aliphatic carbocycles. The summed E-state index contributed by atoms with van der Waals surface area (Å²) in [6.07, 6.45) is 2.96. The van der Waals surface area contributed by atoms with Crippen LogP contribution in [0.1, 0.15) is 45.4 Å². The minimum absolute atomic E-state index is 0.404. The van der Waals surface area contributed by atoms with Crippen LogP contribution in [0, 0.1) is 0 Å². The number of thiophene rings is 1. The number of hydrogen-bond acceptors (Lipinski definition) is 3. The number of aryl methyl sites for hydroxylation is 1. The van der Waals surface area contributed by atoms with E-state index in [2.05, 4.69) is 28.2 Å². The first-order valence-corrected chi connectivity index (χ1v) is 7.71. The lowest BCUT2D eigenvalue weighted by Crippen LogP contribution is -2.26. The fourth-order valence-electron chi connectivity index (χ4n) is 1.38. The highest BCUT2D eigenvalue weighted by Crippen LogP contribution is 2.32. The van der Waals surface area contributed by atoms with Crippen molar-refractivity contribution in [1.29, 1.82) is 0 Å². The van der Waals surface area contributed by atoms with Crippen molar-refractivity contribution in [3.63, 3.8) is 0 Å². The summed E-state index contributed by atoms with van der Waals surface area (Å²) in [5.74, 6) is 0.